The van der Waals surface area contributed by atoms with Crippen molar-refractivity contribution in [2.75, 3.05) is 27.4 Å². The van der Waals surface area contributed by atoms with Crippen LogP contribution in [0.1, 0.15) is 18.5 Å². The fourth-order valence-corrected chi connectivity index (χ4v) is 1.65. The van der Waals surface area contributed by atoms with E-state index in [1.165, 1.54) is 14.2 Å². The minimum atomic E-state index is -3.14. The Morgan fingerprint density at radius 3 is 2.53 bits per heavy atom. The maximum absolute atomic E-state index is 13.0. The number of benzene rings is 1. The highest BCUT2D eigenvalue weighted by atomic mass is 19.3. The van der Waals surface area contributed by atoms with E-state index in [2.05, 4.69) is 5.32 Å². The van der Waals surface area contributed by atoms with Gasteiger partial charge < -0.3 is 19.9 Å². The summed E-state index contributed by atoms with van der Waals surface area (Å²) in [7, 11) is 3.05. The van der Waals surface area contributed by atoms with E-state index < -0.39 is 19.1 Å². The molecule has 0 amide bonds. The van der Waals surface area contributed by atoms with Crippen molar-refractivity contribution in [2.24, 2.45) is 0 Å². The zero-order valence-corrected chi connectivity index (χ0v) is 11.2. The molecule has 1 rings (SSSR count). The number of hydrogen-bond acceptors (Lipinski definition) is 4. The van der Waals surface area contributed by atoms with Gasteiger partial charge in [-0.15, -0.1) is 0 Å². The molecule has 0 aliphatic carbocycles. The summed E-state index contributed by atoms with van der Waals surface area (Å²) >= 11 is 0. The Balaban J connectivity index is 2.82. The van der Waals surface area contributed by atoms with Crippen LogP contribution in [0.15, 0.2) is 18.2 Å². The third kappa shape index (κ3) is 4.33. The molecule has 19 heavy (non-hydrogen) atoms. The van der Waals surface area contributed by atoms with Crippen molar-refractivity contribution in [3.63, 3.8) is 0 Å². The molecule has 2 N–H and O–H groups in total. The number of nitrogens with one attached hydrogen (secondary N) is 1. The average molecular weight is 275 g/mol. The first kappa shape index (κ1) is 15.7. The number of rotatable bonds is 7. The van der Waals surface area contributed by atoms with E-state index in [-0.39, 0.29) is 6.04 Å². The third-order valence-corrected chi connectivity index (χ3v) is 2.80. The molecule has 6 heteroatoms. The second-order valence-corrected chi connectivity index (χ2v) is 4.22. The monoisotopic (exact) mass is 275 g/mol. The number of aliphatic hydroxyl groups is 1. The van der Waals surface area contributed by atoms with E-state index in [1.54, 1.807) is 25.1 Å². The molecule has 108 valence electrons. The van der Waals surface area contributed by atoms with Crippen molar-refractivity contribution in [1.82, 2.24) is 5.32 Å². The molecule has 0 spiro atoms. The molecular formula is C13H19F2NO3. The summed E-state index contributed by atoms with van der Waals surface area (Å²) < 4.78 is 36.3. The van der Waals surface area contributed by atoms with Gasteiger partial charge in [0.1, 0.15) is 18.1 Å². The third-order valence-electron chi connectivity index (χ3n) is 2.80. The fourth-order valence-electron chi connectivity index (χ4n) is 1.65. The Labute approximate surface area is 111 Å². The predicted octanol–water partition coefficient (Wildman–Crippen LogP) is 1.98. The van der Waals surface area contributed by atoms with Crippen molar-refractivity contribution < 1.29 is 23.4 Å². The van der Waals surface area contributed by atoms with E-state index in [9.17, 15) is 8.78 Å². The molecule has 0 saturated heterocycles. The van der Waals surface area contributed by atoms with Crippen molar-refractivity contribution in [3.05, 3.63) is 23.8 Å². The molecular weight excluding hydrogens is 256 g/mol. The van der Waals surface area contributed by atoms with Gasteiger partial charge in [0.05, 0.1) is 20.8 Å². The number of ether oxygens (including phenoxy) is 2. The van der Waals surface area contributed by atoms with Gasteiger partial charge in [-0.1, -0.05) is 0 Å². The molecule has 1 aromatic rings. The highest BCUT2D eigenvalue weighted by Gasteiger charge is 2.28. The summed E-state index contributed by atoms with van der Waals surface area (Å²) in [6.45, 7) is -0.0439. The van der Waals surface area contributed by atoms with Crippen LogP contribution in [0.2, 0.25) is 0 Å². The summed E-state index contributed by atoms with van der Waals surface area (Å²) in [5, 5.41) is 11.2. The van der Waals surface area contributed by atoms with Crippen LogP contribution < -0.4 is 14.8 Å². The van der Waals surface area contributed by atoms with Crippen LogP contribution in [-0.2, 0) is 0 Å². The van der Waals surface area contributed by atoms with Gasteiger partial charge in [0.15, 0.2) is 0 Å². The van der Waals surface area contributed by atoms with Gasteiger partial charge in [-0.25, -0.2) is 8.78 Å². The molecule has 0 fully saturated rings. The molecule has 0 aromatic heterocycles. The van der Waals surface area contributed by atoms with Crippen molar-refractivity contribution in [1.29, 1.82) is 0 Å². The summed E-state index contributed by atoms with van der Waals surface area (Å²) in [5.74, 6) is -1.92. The van der Waals surface area contributed by atoms with E-state index in [0.717, 1.165) is 5.56 Å². The summed E-state index contributed by atoms with van der Waals surface area (Å²) in [5.41, 5.74) is 0.718. The quantitative estimate of drug-likeness (QED) is 0.799. The van der Waals surface area contributed by atoms with Crippen LogP contribution >= 0.6 is 0 Å². The zero-order valence-electron chi connectivity index (χ0n) is 11.2. The maximum Gasteiger partial charge on any atom is 0.282 e. The minimum Gasteiger partial charge on any atom is -0.497 e. The zero-order chi connectivity index (χ0) is 14.5. The van der Waals surface area contributed by atoms with Crippen molar-refractivity contribution in [2.45, 2.75) is 18.9 Å². The Morgan fingerprint density at radius 2 is 2.00 bits per heavy atom. The van der Waals surface area contributed by atoms with E-state index in [4.69, 9.17) is 14.6 Å². The van der Waals surface area contributed by atoms with Crippen LogP contribution in [0.5, 0.6) is 11.5 Å². The van der Waals surface area contributed by atoms with E-state index in [1.807, 2.05) is 0 Å². The van der Waals surface area contributed by atoms with Gasteiger partial charge >= 0.3 is 0 Å². The average Bonchev–Trinajstić information content (AvgIpc) is 2.44. The SMILES string of the molecule is COc1ccc(OC)c(C(C)NCC(F)(F)CO)c1. The van der Waals surface area contributed by atoms with Gasteiger partial charge in [0.2, 0.25) is 0 Å². The minimum absolute atomic E-state index is 0.359. The van der Waals surface area contributed by atoms with Gasteiger partial charge in [0, 0.05) is 11.6 Å². The Hall–Kier alpha value is -1.40. The number of alkyl halides is 2. The fraction of sp³-hybridized carbons (Fsp3) is 0.538. The predicted molar refractivity (Wildman–Crippen MR) is 68.0 cm³/mol. The van der Waals surface area contributed by atoms with Gasteiger partial charge in [0.25, 0.3) is 5.92 Å². The molecule has 0 heterocycles. The standard InChI is InChI=1S/C13H19F2NO3/c1-9(16-7-13(14,15)8-17)11-6-10(18-2)4-5-12(11)19-3/h4-6,9,16-17H,7-8H2,1-3H3. The maximum atomic E-state index is 13.0. The first-order valence-electron chi connectivity index (χ1n) is 5.87. The van der Waals surface area contributed by atoms with Crippen LogP contribution in [0.25, 0.3) is 0 Å². The molecule has 0 aliphatic heterocycles. The Kier molecular flexibility index (Phi) is 5.50. The van der Waals surface area contributed by atoms with Crippen molar-refractivity contribution >= 4 is 0 Å². The lowest BCUT2D eigenvalue weighted by Gasteiger charge is -2.21. The van der Waals surface area contributed by atoms with Gasteiger partial charge in [-0.05, 0) is 25.1 Å². The van der Waals surface area contributed by atoms with Crippen molar-refractivity contribution in [3.8, 4) is 11.5 Å². The normalized spacial score (nSPS) is 13.2. The number of methoxy groups -OCH3 is 2. The van der Waals surface area contributed by atoms with Gasteiger partial charge in [-0.2, -0.15) is 0 Å². The lowest BCUT2D eigenvalue weighted by atomic mass is 10.1. The van der Waals surface area contributed by atoms with Crippen LogP contribution in [0, 0.1) is 0 Å². The number of halogens is 2. The van der Waals surface area contributed by atoms with Crippen LogP contribution in [0.3, 0.4) is 0 Å². The topological polar surface area (TPSA) is 50.7 Å². The van der Waals surface area contributed by atoms with Gasteiger partial charge in [-0.3, -0.25) is 0 Å². The Bertz CT molecular complexity index is 413. The molecule has 0 radical (unpaired) electrons. The largest absolute Gasteiger partial charge is 0.497 e. The first-order valence-corrected chi connectivity index (χ1v) is 5.87. The second-order valence-electron chi connectivity index (χ2n) is 4.22. The van der Waals surface area contributed by atoms with Crippen LogP contribution in [0.4, 0.5) is 8.78 Å². The summed E-state index contributed by atoms with van der Waals surface area (Å²) in [6.07, 6.45) is 0. The van der Waals surface area contributed by atoms with E-state index >= 15 is 0 Å². The number of aliphatic hydroxyl groups excluding tert-OH is 1. The lowest BCUT2D eigenvalue weighted by Crippen LogP contribution is -2.37. The molecule has 1 unspecified atom stereocenters. The lowest BCUT2D eigenvalue weighted by molar-refractivity contribution is -0.0491. The smallest absolute Gasteiger partial charge is 0.282 e. The molecule has 1 aromatic carbocycles. The Morgan fingerprint density at radius 1 is 1.32 bits per heavy atom. The highest BCUT2D eigenvalue weighted by molar-refractivity contribution is 5.42. The molecule has 0 bridgehead atoms. The molecule has 0 saturated carbocycles. The molecule has 1 atom stereocenters. The highest BCUT2D eigenvalue weighted by Crippen LogP contribution is 2.29. The van der Waals surface area contributed by atoms with Crippen LogP contribution in [-0.4, -0.2) is 38.4 Å². The first-order chi connectivity index (χ1) is 8.93. The van der Waals surface area contributed by atoms with E-state index in [0.29, 0.717) is 11.5 Å². The summed E-state index contributed by atoms with van der Waals surface area (Å²) in [6, 6.07) is 4.82. The number of hydrogen-bond donors (Lipinski definition) is 2. The summed E-state index contributed by atoms with van der Waals surface area (Å²) in [4.78, 5) is 0. The molecule has 0 aliphatic rings. The molecule has 4 nitrogen and oxygen atoms in total. The second kappa shape index (κ2) is 6.68.